The average molecular weight is 545 g/mol. The van der Waals surface area contributed by atoms with Gasteiger partial charge in [0, 0.05) is 5.69 Å². The second kappa shape index (κ2) is 12.2. The van der Waals surface area contributed by atoms with Crippen molar-refractivity contribution in [3.05, 3.63) is 71.0 Å². The molecule has 0 saturated carbocycles. The van der Waals surface area contributed by atoms with E-state index in [0.29, 0.717) is 6.07 Å². The van der Waals surface area contributed by atoms with Crippen LogP contribution in [0.4, 0.5) is 29.3 Å². The van der Waals surface area contributed by atoms with Crippen LogP contribution in [0.15, 0.2) is 54.9 Å². The zero-order valence-corrected chi connectivity index (χ0v) is 19.5. The Morgan fingerprint density at radius 3 is 2.33 bits per heavy atom. The number of alkyl halides is 3. The van der Waals surface area contributed by atoms with Crippen LogP contribution < -0.4 is 38.8 Å². The number of benzene rings is 2. The topological polar surface area (TPSA) is 150 Å². The molecule has 0 aliphatic carbocycles. The first-order chi connectivity index (χ1) is 16.6. The summed E-state index contributed by atoms with van der Waals surface area (Å²) in [6.45, 7) is -0.0815. The van der Waals surface area contributed by atoms with Crippen LogP contribution in [0.5, 0.6) is 11.8 Å². The first-order valence-corrected chi connectivity index (χ1v) is 10.1. The Kier molecular flexibility index (Phi) is 9.55. The van der Waals surface area contributed by atoms with Crippen LogP contribution in [0.1, 0.15) is 15.9 Å². The van der Waals surface area contributed by atoms with Gasteiger partial charge in [0.25, 0.3) is 11.8 Å². The van der Waals surface area contributed by atoms with Gasteiger partial charge in [-0.2, -0.15) is 13.2 Å². The fourth-order valence-electron chi connectivity index (χ4n) is 2.71. The molecule has 0 fully saturated rings. The van der Waals surface area contributed by atoms with Crippen molar-refractivity contribution in [1.82, 2.24) is 15.3 Å². The van der Waals surface area contributed by atoms with Crippen molar-refractivity contribution < 1.29 is 50.4 Å². The summed E-state index contributed by atoms with van der Waals surface area (Å²) in [6, 6.07) is 7.11. The van der Waals surface area contributed by atoms with E-state index in [-0.39, 0.29) is 46.9 Å². The number of hydrogen-bond acceptors (Lipinski definition) is 6. The van der Waals surface area contributed by atoms with Gasteiger partial charge < -0.3 is 33.5 Å². The minimum Gasteiger partial charge on any atom is -1.00 e. The van der Waals surface area contributed by atoms with Crippen molar-refractivity contribution in [2.75, 3.05) is 17.2 Å². The Morgan fingerprint density at radius 1 is 1.03 bits per heavy atom. The summed E-state index contributed by atoms with van der Waals surface area (Å²) in [5.74, 6) is -1.96. The molecule has 1 heterocycles. The lowest BCUT2D eigenvalue weighted by Gasteiger charge is -2.15. The van der Waals surface area contributed by atoms with Crippen molar-refractivity contribution in [2.24, 2.45) is 0 Å². The highest BCUT2D eigenvalue weighted by atomic mass is 35.5. The van der Waals surface area contributed by atoms with E-state index >= 15 is 0 Å². The van der Waals surface area contributed by atoms with E-state index < -0.39 is 35.3 Å². The number of carbonyl (C=O) groups excluding carboxylic acids is 3. The Bertz CT molecular complexity index is 1260. The number of imide groups is 1. The average Bonchev–Trinajstić information content (AvgIpc) is 2.81. The summed E-state index contributed by atoms with van der Waals surface area (Å²) in [5.41, 5.74) is 2.04. The van der Waals surface area contributed by atoms with E-state index in [0.717, 1.165) is 24.5 Å². The number of anilines is 2. The molecule has 0 atom stereocenters. The first kappa shape index (κ1) is 28.3. The van der Waals surface area contributed by atoms with Gasteiger partial charge in [-0.15, -0.1) is 0 Å². The molecule has 0 aliphatic rings. The van der Waals surface area contributed by atoms with Crippen LogP contribution in [0, 0.1) is 0 Å². The Labute approximate surface area is 212 Å². The van der Waals surface area contributed by atoms with Gasteiger partial charge >= 0.3 is 18.2 Å². The summed E-state index contributed by atoms with van der Waals surface area (Å²) < 4.78 is 45.8. The lowest BCUT2D eigenvalue weighted by Crippen LogP contribution is -3.00. The molecule has 10 nitrogen and oxygen atoms in total. The maximum atomic E-state index is 13.6. The van der Waals surface area contributed by atoms with E-state index in [1.165, 1.54) is 18.2 Å². The molecule has 0 radical (unpaired) electrons. The number of amides is 4. The molecule has 15 heteroatoms. The van der Waals surface area contributed by atoms with Crippen LogP contribution in [-0.2, 0) is 11.0 Å². The fraction of sp³-hybridized carbons (Fsp3) is 0.0952. The summed E-state index contributed by atoms with van der Waals surface area (Å²) in [6.07, 6.45) is -2.55. The van der Waals surface area contributed by atoms with Crippen molar-refractivity contribution in [2.45, 2.75) is 6.18 Å². The molecule has 3 aromatic rings. The third-order valence-electron chi connectivity index (χ3n) is 4.24. The Morgan fingerprint density at radius 2 is 1.69 bits per heavy atom. The van der Waals surface area contributed by atoms with Crippen LogP contribution in [-0.4, -0.2) is 34.4 Å². The van der Waals surface area contributed by atoms with Crippen molar-refractivity contribution in [1.29, 1.82) is 0 Å². The molecule has 0 aliphatic heterocycles. The number of carbonyl (C=O) groups is 3. The largest absolute Gasteiger partial charge is 1.00 e. The van der Waals surface area contributed by atoms with Crippen LogP contribution in [0.2, 0.25) is 5.02 Å². The summed E-state index contributed by atoms with van der Waals surface area (Å²) in [5, 5.41) is 6.78. The van der Waals surface area contributed by atoms with Gasteiger partial charge in [-0.25, -0.2) is 14.8 Å². The Hall–Kier alpha value is -3.94. The molecule has 0 saturated heterocycles. The van der Waals surface area contributed by atoms with E-state index in [4.69, 9.17) is 16.3 Å². The monoisotopic (exact) mass is 544 g/mol. The van der Waals surface area contributed by atoms with Gasteiger partial charge in [-0.3, -0.25) is 14.9 Å². The summed E-state index contributed by atoms with van der Waals surface area (Å²) in [4.78, 5) is 43.7. The molecular weight excluding hydrogens is 528 g/mol. The van der Waals surface area contributed by atoms with Crippen molar-refractivity contribution >= 4 is 40.8 Å². The van der Waals surface area contributed by atoms with E-state index in [2.05, 4.69) is 26.3 Å². The molecule has 0 bridgehead atoms. The van der Waals surface area contributed by atoms with Gasteiger partial charge in [-0.05, 0) is 30.3 Å². The number of ether oxygens (including phenoxy) is 1. The number of nitrogens with zero attached hydrogens (tertiary/aromatic N) is 2. The minimum atomic E-state index is -4.85. The van der Waals surface area contributed by atoms with Gasteiger partial charge in [0.15, 0.2) is 6.54 Å². The maximum Gasteiger partial charge on any atom is 0.420 e. The number of halogens is 5. The summed E-state index contributed by atoms with van der Waals surface area (Å²) >= 11 is 5.65. The molecule has 4 amide bonds. The predicted octanol–water partition coefficient (Wildman–Crippen LogP) is 0.0874. The smallest absolute Gasteiger partial charge is 0.420 e. The van der Waals surface area contributed by atoms with Gasteiger partial charge in [0.1, 0.15) is 11.3 Å². The van der Waals surface area contributed by atoms with Crippen LogP contribution >= 0.6 is 11.6 Å². The standard InChI is InChI=1S/C21H16ClF3N6O4.ClH/c22-11-9-27-20(28-10-11)35-16-6-5-12(7-14(16)21(23,24)25)29-19(34)31-18(33)13-3-1-2-4-15(13)30-17(32)8-26;/h1-7,9-10H,8,26H2,(H,30,32)(H2,29,31,33,34);1H. The quantitative estimate of drug-likeness (QED) is 0.345. The van der Waals surface area contributed by atoms with Gasteiger partial charge in [0.2, 0.25) is 0 Å². The predicted molar refractivity (Wildman–Crippen MR) is 118 cm³/mol. The molecule has 3 rings (SSSR count). The molecule has 0 spiro atoms. The molecule has 36 heavy (non-hydrogen) atoms. The highest BCUT2D eigenvalue weighted by Gasteiger charge is 2.35. The third kappa shape index (κ3) is 7.53. The van der Waals surface area contributed by atoms with Gasteiger partial charge in [-0.1, -0.05) is 23.7 Å². The highest BCUT2D eigenvalue weighted by Crippen LogP contribution is 2.39. The summed E-state index contributed by atoms with van der Waals surface area (Å²) in [7, 11) is 0. The molecule has 0 unspecified atom stereocenters. The van der Waals surface area contributed by atoms with E-state index in [9.17, 15) is 27.6 Å². The Balaban J connectivity index is 0.00000456. The van der Waals surface area contributed by atoms with Crippen molar-refractivity contribution in [3.63, 3.8) is 0 Å². The second-order valence-electron chi connectivity index (χ2n) is 6.75. The second-order valence-corrected chi connectivity index (χ2v) is 7.18. The van der Waals surface area contributed by atoms with Gasteiger partial charge in [0.05, 0.1) is 28.7 Å². The fourth-order valence-corrected chi connectivity index (χ4v) is 2.80. The maximum absolute atomic E-state index is 13.6. The molecule has 6 N–H and O–H groups in total. The SMILES string of the molecule is [Cl-].[NH3+]CC(=O)Nc1ccccc1C(=O)NC(=O)Nc1ccc(Oc2ncc(Cl)cn2)c(C(F)(F)F)c1. The zero-order valence-electron chi connectivity index (χ0n) is 18.0. The van der Waals surface area contributed by atoms with Crippen LogP contribution in [0.25, 0.3) is 0 Å². The molecule has 1 aromatic heterocycles. The molecular formula is C21H17Cl2F3N6O4. The van der Waals surface area contributed by atoms with E-state index in [1.54, 1.807) is 6.07 Å². The normalized spacial score (nSPS) is 10.6. The number of quaternary nitrogens is 1. The lowest BCUT2D eigenvalue weighted by molar-refractivity contribution is -0.353. The number of nitrogens with one attached hydrogen (secondary N) is 3. The highest BCUT2D eigenvalue weighted by molar-refractivity contribution is 6.30. The minimum absolute atomic E-state index is 0. The van der Waals surface area contributed by atoms with Crippen LogP contribution in [0.3, 0.4) is 0 Å². The molecule has 2 aromatic carbocycles. The third-order valence-corrected chi connectivity index (χ3v) is 4.44. The number of urea groups is 1. The molecule has 190 valence electrons. The number of para-hydroxylation sites is 1. The lowest BCUT2D eigenvalue weighted by atomic mass is 10.1. The number of aromatic nitrogens is 2. The zero-order chi connectivity index (χ0) is 25.6. The van der Waals surface area contributed by atoms with Crippen molar-refractivity contribution in [3.8, 4) is 11.8 Å². The van der Waals surface area contributed by atoms with E-state index in [1.807, 2.05) is 5.32 Å². The first-order valence-electron chi connectivity index (χ1n) is 9.74. The number of hydrogen-bond donors (Lipinski definition) is 4. The number of rotatable bonds is 6.